The Balaban J connectivity index is 0. The van der Waals surface area contributed by atoms with Crippen molar-refractivity contribution in [2.45, 2.75) is 64.9 Å². The van der Waals surface area contributed by atoms with Gasteiger partial charge in [0.25, 0.3) is 0 Å². The van der Waals surface area contributed by atoms with Gasteiger partial charge in [0.15, 0.2) is 0 Å². The molecule has 2 nitrogen and oxygen atoms in total. The first-order chi connectivity index (χ1) is 10.6. The number of aliphatic hydroxyl groups is 2. The minimum Gasteiger partial charge on any atom is -0.400 e. The fraction of sp³-hybridized carbons (Fsp3) is 0.550. The average molecular weight is 306 g/mol. The van der Waals surface area contributed by atoms with Crippen molar-refractivity contribution in [3.05, 3.63) is 54.3 Å². The van der Waals surface area contributed by atoms with Crippen molar-refractivity contribution >= 4 is 0 Å². The molecule has 0 saturated heterocycles. The first-order valence-electron chi connectivity index (χ1n) is 8.10. The van der Waals surface area contributed by atoms with Gasteiger partial charge >= 0.3 is 0 Å². The first kappa shape index (κ1) is 22.9. The summed E-state index contributed by atoms with van der Waals surface area (Å²) < 4.78 is 0. The van der Waals surface area contributed by atoms with Crippen molar-refractivity contribution in [2.24, 2.45) is 0 Å². The van der Waals surface area contributed by atoms with E-state index < -0.39 is 0 Å². The van der Waals surface area contributed by atoms with Gasteiger partial charge in [-0.25, -0.2) is 0 Å². The molecule has 1 aromatic rings. The molecular formula is C20H34O2. The summed E-state index contributed by atoms with van der Waals surface area (Å²) in [5.74, 6) is 0.792. The van der Waals surface area contributed by atoms with Crippen molar-refractivity contribution in [2.75, 3.05) is 7.11 Å². The zero-order valence-electron chi connectivity index (χ0n) is 14.8. The van der Waals surface area contributed by atoms with Crippen LogP contribution < -0.4 is 0 Å². The summed E-state index contributed by atoms with van der Waals surface area (Å²) in [7, 11) is 1.00. The van der Waals surface area contributed by atoms with E-state index in [0.717, 1.165) is 25.9 Å². The second kappa shape index (κ2) is 16.0. The maximum atomic E-state index is 8.67. The molecule has 22 heavy (non-hydrogen) atoms. The number of fused-ring (bicyclic) bond motifs is 1. The molecule has 126 valence electrons. The Morgan fingerprint density at radius 2 is 1.68 bits per heavy atom. The Morgan fingerprint density at radius 3 is 2.09 bits per heavy atom. The van der Waals surface area contributed by atoms with Crippen LogP contribution in [0.4, 0.5) is 0 Å². The van der Waals surface area contributed by atoms with E-state index in [9.17, 15) is 0 Å². The molecular weight excluding hydrogens is 272 g/mol. The van der Waals surface area contributed by atoms with Gasteiger partial charge < -0.3 is 10.2 Å². The molecule has 0 fully saturated rings. The van der Waals surface area contributed by atoms with Crippen molar-refractivity contribution < 1.29 is 10.2 Å². The third kappa shape index (κ3) is 10.4. The average Bonchev–Trinajstić information content (AvgIpc) is 2.58. The fourth-order valence-electron chi connectivity index (χ4n) is 2.29. The minimum atomic E-state index is -0.0648. The molecule has 0 saturated carbocycles. The van der Waals surface area contributed by atoms with Gasteiger partial charge in [0, 0.05) is 7.11 Å². The molecule has 0 heterocycles. The van der Waals surface area contributed by atoms with Crippen LogP contribution in [-0.2, 0) is 6.42 Å². The summed E-state index contributed by atoms with van der Waals surface area (Å²) in [6, 6.07) is 8.85. The highest BCUT2D eigenvalue weighted by Gasteiger charge is 2.14. The van der Waals surface area contributed by atoms with Crippen molar-refractivity contribution in [3.8, 4) is 0 Å². The normalized spacial score (nSPS) is 14.8. The minimum absolute atomic E-state index is 0.0648. The van der Waals surface area contributed by atoms with Crippen LogP contribution in [0, 0.1) is 0 Å². The van der Waals surface area contributed by atoms with Crippen LogP contribution in [0.25, 0.3) is 0 Å². The highest BCUT2D eigenvalue weighted by atomic mass is 16.3. The molecule has 2 rings (SSSR count). The maximum Gasteiger partial charge on any atom is 0.0535 e. The van der Waals surface area contributed by atoms with Gasteiger partial charge in [-0.2, -0.15) is 0 Å². The lowest BCUT2D eigenvalue weighted by atomic mass is 9.84. The number of rotatable bonds is 2. The number of aliphatic hydroxyl groups excluding tert-OH is 2. The van der Waals surface area contributed by atoms with Crippen LogP contribution in [0.15, 0.2) is 43.2 Å². The molecule has 1 aliphatic rings. The Bertz CT molecular complexity index is 388. The molecule has 2 heteroatoms. The number of benzene rings is 1. The van der Waals surface area contributed by atoms with E-state index in [0.29, 0.717) is 0 Å². The van der Waals surface area contributed by atoms with Crippen LogP contribution in [0.2, 0.25) is 0 Å². The number of hydrogen-bond donors (Lipinski definition) is 2. The van der Waals surface area contributed by atoms with Gasteiger partial charge in [0.2, 0.25) is 0 Å². The summed E-state index contributed by atoms with van der Waals surface area (Å²) in [4.78, 5) is 0. The van der Waals surface area contributed by atoms with E-state index in [2.05, 4.69) is 50.1 Å². The van der Waals surface area contributed by atoms with E-state index in [1.54, 1.807) is 11.1 Å². The van der Waals surface area contributed by atoms with Gasteiger partial charge in [-0.05, 0) is 49.1 Å². The summed E-state index contributed by atoms with van der Waals surface area (Å²) in [5.41, 5.74) is 5.41. The molecule has 1 aliphatic carbocycles. The van der Waals surface area contributed by atoms with Crippen LogP contribution in [0.5, 0.6) is 0 Å². The SMILES string of the molecule is C=C=C.CC1CCCc2ccccc21.CCC(O)CC.CO. The highest BCUT2D eigenvalue weighted by Crippen LogP contribution is 2.30. The zero-order valence-corrected chi connectivity index (χ0v) is 14.8. The van der Waals surface area contributed by atoms with Crippen LogP contribution in [0.1, 0.15) is 63.5 Å². The third-order valence-electron chi connectivity index (χ3n) is 3.61. The van der Waals surface area contributed by atoms with Gasteiger partial charge in [-0.1, -0.05) is 58.2 Å². The van der Waals surface area contributed by atoms with Crippen LogP contribution in [-0.4, -0.2) is 23.4 Å². The molecule has 0 radical (unpaired) electrons. The van der Waals surface area contributed by atoms with Crippen LogP contribution in [0.3, 0.4) is 0 Å². The molecule has 0 bridgehead atoms. The van der Waals surface area contributed by atoms with E-state index in [1.165, 1.54) is 19.3 Å². The van der Waals surface area contributed by atoms with E-state index >= 15 is 0 Å². The second-order valence-electron chi connectivity index (χ2n) is 5.21. The lowest BCUT2D eigenvalue weighted by Crippen LogP contribution is -2.05. The summed E-state index contributed by atoms with van der Waals surface area (Å²) in [5, 5.41) is 15.7. The van der Waals surface area contributed by atoms with E-state index in [-0.39, 0.29) is 6.10 Å². The van der Waals surface area contributed by atoms with Crippen LogP contribution >= 0.6 is 0 Å². The lowest BCUT2D eigenvalue weighted by molar-refractivity contribution is 0.166. The Labute approximate surface area is 137 Å². The quantitative estimate of drug-likeness (QED) is 0.766. The van der Waals surface area contributed by atoms with Gasteiger partial charge in [0.05, 0.1) is 6.10 Å². The summed E-state index contributed by atoms with van der Waals surface area (Å²) in [6.45, 7) is 12.5. The topological polar surface area (TPSA) is 40.5 Å². The Morgan fingerprint density at radius 1 is 1.18 bits per heavy atom. The number of aryl methyl sites for hydroxylation is 1. The molecule has 1 atom stereocenters. The highest BCUT2D eigenvalue weighted by molar-refractivity contribution is 5.31. The molecule has 1 aromatic carbocycles. The summed E-state index contributed by atoms with van der Waals surface area (Å²) >= 11 is 0. The maximum absolute atomic E-state index is 8.67. The predicted octanol–water partition coefficient (Wildman–Crippen LogP) is 4.86. The monoisotopic (exact) mass is 306 g/mol. The van der Waals surface area contributed by atoms with Gasteiger partial charge in [-0.15, -0.1) is 5.73 Å². The molecule has 0 aromatic heterocycles. The fourth-order valence-corrected chi connectivity index (χ4v) is 2.29. The first-order valence-corrected chi connectivity index (χ1v) is 8.10. The standard InChI is InChI=1S/C11H14.C5H12O.C3H4.CH4O/c1-9-5-4-7-10-6-2-3-8-11(9)10;1-3-5(6)4-2;1-3-2;1-2/h2-3,6,8-9H,4-5,7H2,1H3;5-6H,3-4H2,1-2H3;1-2H2;2H,1H3. The zero-order chi connectivity index (χ0) is 17.4. The van der Waals surface area contributed by atoms with Gasteiger partial charge in [0.1, 0.15) is 0 Å². The lowest BCUT2D eigenvalue weighted by Gasteiger charge is -2.21. The van der Waals surface area contributed by atoms with E-state index in [1.807, 2.05) is 13.8 Å². The Kier molecular flexibility index (Phi) is 16.7. The summed E-state index contributed by atoms with van der Waals surface area (Å²) in [6.07, 6.45) is 5.74. The second-order valence-corrected chi connectivity index (χ2v) is 5.21. The number of hydrogen-bond acceptors (Lipinski definition) is 2. The van der Waals surface area contributed by atoms with Crippen molar-refractivity contribution in [3.63, 3.8) is 0 Å². The van der Waals surface area contributed by atoms with Crippen molar-refractivity contribution in [1.82, 2.24) is 0 Å². The van der Waals surface area contributed by atoms with Crippen molar-refractivity contribution in [1.29, 1.82) is 0 Å². The molecule has 1 unspecified atom stereocenters. The molecule has 0 amide bonds. The molecule has 0 spiro atoms. The third-order valence-corrected chi connectivity index (χ3v) is 3.61. The molecule has 0 aliphatic heterocycles. The van der Waals surface area contributed by atoms with E-state index in [4.69, 9.17) is 10.2 Å². The Hall–Kier alpha value is -1.34. The smallest absolute Gasteiger partial charge is 0.0535 e. The molecule has 2 N–H and O–H groups in total. The van der Waals surface area contributed by atoms with Gasteiger partial charge in [-0.3, -0.25) is 0 Å². The largest absolute Gasteiger partial charge is 0.400 e. The predicted molar refractivity (Wildman–Crippen MR) is 97.3 cm³/mol.